The molecule has 0 aliphatic rings. The summed E-state index contributed by atoms with van der Waals surface area (Å²) >= 11 is 4.11. The van der Waals surface area contributed by atoms with Gasteiger partial charge in [0.1, 0.15) is 17.4 Å². The Morgan fingerprint density at radius 2 is 2.00 bits per heavy atom. The summed E-state index contributed by atoms with van der Waals surface area (Å²) in [4.78, 5) is 11.6. The molecule has 0 bridgehead atoms. The number of benzene rings is 1. The van der Waals surface area contributed by atoms with Crippen LogP contribution in [0.2, 0.25) is 0 Å². The zero-order chi connectivity index (χ0) is 12.3. The molecule has 0 amide bonds. The van der Waals surface area contributed by atoms with Crippen molar-refractivity contribution in [2.24, 2.45) is 0 Å². The maximum atomic E-state index is 11.6. The summed E-state index contributed by atoms with van der Waals surface area (Å²) < 4.78 is 5.12. The van der Waals surface area contributed by atoms with Gasteiger partial charge in [-0.25, -0.2) is 4.79 Å². The lowest BCUT2D eigenvalue weighted by atomic mass is 10.1. The minimum absolute atomic E-state index is 0.0275. The Morgan fingerprint density at radius 3 is 2.59 bits per heavy atom. The van der Waals surface area contributed by atoms with Crippen LogP contribution in [0.3, 0.4) is 0 Å². The number of thiol groups is 1. The molecule has 0 unspecified atom stereocenters. The summed E-state index contributed by atoms with van der Waals surface area (Å²) in [5.74, 6) is 0.785. The molecule has 0 saturated carbocycles. The van der Waals surface area contributed by atoms with Crippen molar-refractivity contribution in [1.82, 2.24) is 0 Å². The van der Waals surface area contributed by atoms with E-state index < -0.39 is 5.63 Å². The lowest BCUT2D eigenvalue weighted by molar-refractivity contribution is 0.522. The first kappa shape index (κ1) is 11.5. The van der Waals surface area contributed by atoms with Gasteiger partial charge in [0.15, 0.2) is 0 Å². The summed E-state index contributed by atoms with van der Waals surface area (Å²) in [6, 6.07) is 12.8. The van der Waals surface area contributed by atoms with Crippen LogP contribution in [0.25, 0.3) is 11.3 Å². The van der Waals surface area contributed by atoms with E-state index in [0.29, 0.717) is 17.1 Å². The first-order valence-electron chi connectivity index (χ1n) is 4.99. The molecular weight excluding hydrogens is 234 g/mol. The van der Waals surface area contributed by atoms with Gasteiger partial charge in [-0.1, -0.05) is 30.3 Å². The van der Waals surface area contributed by atoms with Crippen LogP contribution in [0, 0.1) is 11.3 Å². The third kappa shape index (κ3) is 2.24. The van der Waals surface area contributed by atoms with Gasteiger partial charge >= 0.3 is 5.63 Å². The maximum Gasteiger partial charge on any atom is 0.354 e. The molecule has 0 aliphatic carbocycles. The van der Waals surface area contributed by atoms with Crippen molar-refractivity contribution >= 4 is 12.6 Å². The van der Waals surface area contributed by atoms with Gasteiger partial charge in [-0.3, -0.25) is 0 Å². The Balaban J connectivity index is 2.64. The number of hydrogen-bond donors (Lipinski definition) is 1. The van der Waals surface area contributed by atoms with Crippen molar-refractivity contribution in [3.8, 4) is 17.4 Å². The monoisotopic (exact) mass is 243 g/mol. The lowest BCUT2D eigenvalue weighted by Crippen LogP contribution is -2.08. The second kappa shape index (κ2) is 4.89. The Hall–Kier alpha value is -1.99. The molecule has 0 fully saturated rings. The van der Waals surface area contributed by atoms with E-state index in [0.717, 1.165) is 5.56 Å². The quantitative estimate of drug-likeness (QED) is 0.825. The number of hydrogen-bond acceptors (Lipinski definition) is 4. The van der Waals surface area contributed by atoms with Crippen LogP contribution in [0.1, 0.15) is 11.1 Å². The predicted octanol–water partition coefficient (Wildman–Crippen LogP) is 2.61. The molecule has 0 saturated heterocycles. The second-order valence-electron chi connectivity index (χ2n) is 3.43. The van der Waals surface area contributed by atoms with E-state index in [-0.39, 0.29) is 5.56 Å². The maximum absolute atomic E-state index is 11.6. The van der Waals surface area contributed by atoms with Crippen LogP contribution < -0.4 is 5.63 Å². The zero-order valence-corrected chi connectivity index (χ0v) is 9.78. The van der Waals surface area contributed by atoms with Crippen molar-refractivity contribution in [3.05, 3.63) is 57.9 Å². The molecule has 0 N–H and O–H groups in total. The van der Waals surface area contributed by atoms with E-state index in [1.165, 1.54) is 0 Å². The fourth-order valence-electron chi connectivity index (χ4n) is 1.53. The highest BCUT2D eigenvalue weighted by atomic mass is 32.1. The van der Waals surface area contributed by atoms with Crippen LogP contribution in [0.5, 0.6) is 0 Å². The van der Waals surface area contributed by atoms with Crippen molar-refractivity contribution in [2.75, 3.05) is 0 Å². The van der Waals surface area contributed by atoms with Gasteiger partial charge in [0.25, 0.3) is 0 Å². The van der Waals surface area contributed by atoms with E-state index in [4.69, 9.17) is 9.68 Å². The average Bonchev–Trinajstić information content (AvgIpc) is 2.38. The largest absolute Gasteiger partial charge is 0.422 e. The molecule has 2 aromatic rings. The SMILES string of the molecule is N#Cc1c(CS)cc(-c2ccccc2)oc1=O. The third-order valence-electron chi connectivity index (χ3n) is 2.37. The number of nitrogens with zero attached hydrogens (tertiary/aromatic N) is 1. The molecule has 3 nitrogen and oxygen atoms in total. The highest BCUT2D eigenvalue weighted by molar-refractivity contribution is 7.79. The summed E-state index contributed by atoms with van der Waals surface area (Å²) in [7, 11) is 0. The van der Waals surface area contributed by atoms with Gasteiger partial charge in [-0.2, -0.15) is 17.9 Å². The number of rotatable bonds is 2. The molecule has 17 heavy (non-hydrogen) atoms. The first-order valence-corrected chi connectivity index (χ1v) is 5.63. The van der Waals surface area contributed by atoms with Crippen LogP contribution >= 0.6 is 12.6 Å². The van der Waals surface area contributed by atoms with Gasteiger partial charge in [0.05, 0.1) is 0 Å². The minimum atomic E-state index is -0.613. The Kier molecular flexibility index (Phi) is 3.31. The summed E-state index contributed by atoms with van der Waals surface area (Å²) in [6.45, 7) is 0. The van der Waals surface area contributed by atoms with Gasteiger partial charge in [-0.15, -0.1) is 0 Å². The molecule has 0 radical (unpaired) electrons. The van der Waals surface area contributed by atoms with Gasteiger partial charge in [0, 0.05) is 11.3 Å². The van der Waals surface area contributed by atoms with E-state index in [1.807, 2.05) is 36.4 Å². The third-order valence-corrected chi connectivity index (χ3v) is 2.71. The molecule has 1 heterocycles. The molecular formula is C13H9NO2S. The highest BCUT2D eigenvalue weighted by Crippen LogP contribution is 2.20. The molecule has 1 aromatic carbocycles. The topological polar surface area (TPSA) is 54.0 Å². The normalized spacial score (nSPS) is 9.88. The van der Waals surface area contributed by atoms with Crippen LogP contribution in [0.4, 0.5) is 0 Å². The fraction of sp³-hybridized carbons (Fsp3) is 0.0769. The Bertz CT molecular complexity index is 626. The van der Waals surface area contributed by atoms with E-state index >= 15 is 0 Å². The highest BCUT2D eigenvalue weighted by Gasteiger charge is 2.11. The molecule has 1 aromatic heterocycles. The average molecular weight is 243 g/mol. The van der Waals surface area contributed by atoms with Gasteiger partial charge < -0.3 is 4.42 Å². The van der Waals surface area contributed by atoms with Gasteiger partial charge in [-0.05, 0) is 11.6 Å². The Morgan fingerprint density at radius 1 is 1.29 bits per heavy atom. The van der Waals surface area contributed by atoms with Crippen LogP contribution in [-0.2, 0) is 5.75 Å². The van der Waals surface area contributed by atoms with E-state index in [2.05, 4.69) is 12.6 Å². The summed E-state index contributed by atoms with van der Waals surface area (Å²) in [6.07, 6.45) is 0. The first-order chi connectivity index (χ1) is 8.26. The minimum Gasteiger partial charge on any atom is -0.422 e. The van der Waals surface area contributed by atoms with Crippen molar-refractivity contribution in [3.63, 3.8) is 0 Å². The molecule has 0 spiro atoms. The van der Waals surface area contributed by atoms with Crippen LogP contribution in [-0.4, -0.2) is 0 Å². The standard InChI is InChI=1S/C13H9NO2S/c14-7-11-10(8-17)6-12(16-13(11)15)9-4-2-1-3-5-9/h1-6,17H,8H2. The van der Waals surface area contributed by atoms with Crippen LogP contribution in [0.15, 0.2) is 45.6 Å². The summed E-state index contributed by atoms with van der Waals surface area (Å²) in [5, 5.41) is 8.85. The van der Waals surface area contributed by atoms with Gasteiger partial charge in [0.2, 0.25) is 0 Å². The molecule has 4 heteroatoms. The fourth-order valence-corrected chi connectivity index (χ4v) is 1.78. The molecule has 0 atom stereocenters. The predicted molar refractivity (Wildman–Crippen MR) is 67.8 cm³/mol. The summed E-state index contributed by atoms with van der Waals surface area (Å²) in [5.41, 5.74) is 0.806. The van der Waals surface area contributed by atoms with E-state index in [1.54, 1.807) is 6.07 Å². The number of nitriles is 1. The molecule has 2 rings (SSSR count). The molecule has 84 valence electrons. The van der Waals surface area contributed by atoms with Crippen molar-refractivity contribution < 1.29 is 4.42 Å². The second-order valence-corrected chi connectivity index (χ2v) is 3.75. The van der Waals surface area contributed by atoms with Crippen molar-refractivity contribution in [1.29, 1.82) is 5.26 Å². The lowest BCUT2D eigenvalue weighted by Gasteiger charge is -2.03. The van der Waals surface area contributed by atoms with Crippen molar-refractivity contribution in [2.45, 2.75) is 5.75 Å². The smallest absolute Gasteiger partial charge is 0.354 e. The molecule has 0 aliphatic heterocycles. The Labute approximate surface area is 104 Å². The zero-order valence-electron chi connectivity index (χ0n) is 8.88. The van der Waals surface area contributed by atoms with E-state index in [9.17, 15) is 4.79 Å².